The summed E-state index contributed by atoms with van der Waals surface area (Å²) in [4.78, 5) is 11.8. The molecule has 2 fully saturated rings. The Balaban J connectivity index is 0.896. The minimum atomic E-state index is -0.293. The number of morpholine rings is 1. The van der Waals surface area contributed by atoms with E-state index in [1.807, 2.05) is 29.9 Å². The van der Waals surface area contributed by atoms with Gasteiger partial charge in [0.1, 0.15) is 36.5 Å². The lowest BCUT2D eigenvalue weighted by molar-refractivity contribution is -0.0227. The van der Waals surface area contributed by atoms with Gasteiger partial charge >= 0.3 is 0 Å². The van der Waals surface area contributed by atoms with Crippen LogP contribution in [0.5, 0.6) is 11.6 Å². The van der Waals surface area contributed by atoms with Crippen molar-refractivity contribution in [2.45, 2.75) is 57.3 Å². The number of hydrogen-bond acceptors (Lipinski definition) is 20. The van der Waals surface area contributed by atoms with Crippen LogP contribution in [0, 0.1) is 11.3 Å². The first-order valence-corrected chi connectivity index (χ1v) is 23.2. The Morgan fingerprint density at radius 1 is 0.746 bits per heavy atom. The molecule has 6 rings (SSSR count). The monoisotopic (exact) mass is 938 g/mol. The van der Waals surface area contributed by atoms with Crippen LogP contribution in [0.15, 0.2) is 43.1 Å². The minimum absolute atomic E-state index is 0.241. The summed E-state index contributed by atoms with van der Waals surface area (Å²) in [6.07, 6.45) is 10.9. The zero-order chi connectivity index (χ0) is 46.6. The summed E-state index contributed by atoms with van der Waals surface area (Å²) >= 11 is 0. The molecule has 0 bridgehead atoms. The van der Waals surface area contributed by atoms with E-state index in [0.717, 1.165) is 63.1 Å². The zero-order valence-electron chi connectivity index (χ0n) is 38.9. The molecule has 0 spiro atoms. The normalized spacial score (nSPS) is 17.0. The quantitative estimate of drug-likeness (QED) is 0.0662. The van der Waals surface area contributed by atoms with Crippen LogP contribution in [0.1, 0.15) is 44.2 Å². The van der Waals surface area contributed by atoms with E-state index in [-0.39, 0.29) is 12.1 Å². The number of tetrazole rings is 1. The molecule has 0 unspecified atom stereocenters. The standard InChI is InChI=1S/C45H67N11O11/c1-36(33-55-35-49-52-53-55)67-43-29-37(3-4-38(43)30-46)39-31-47-45(48-32-39)50-42-34-56(41-7-5-40(6-8-41)54-9-11-58-12-10-54)51-44(42)66-28-27-65-26-25-64-24-23-63-22-21-62-20-19-61-18-17-60-16-15-59-14-13-57-2/h3-4,29,31-32,34-36,40-41H,5-28,33H2,1-2H3,(H,47,48,50)/t36-,40-,41-/m0/s1. The van der Waals surface area contributed by atoms with Gasteiger partial charge in [-0.15, -0.1) is 10.2 Å². The van der Waals surface area contributed by atoms with Gasteiger partial charge in [-0.05, 0) is 60.7 Å². The van der Waals surface area contributed by atoms with Gasteiger partial charge in [0, 0.05) is 44.2 Å². The van der Waals surface area contributed by atoms with Crippen LogP contribution in [-0.2, 0) is 49.2 Å². The lowest BCUT2D eigenvalue weighted by Crippen LogP contribution is -2.45. The summed E-state index contributed by atoms with van der Waals surface area (Å²) in [5.41, 5.74) is 2.63. The largest absolute Gasteiger partial charge is 0.487 e. The number of benzene rings is 1. The van der Waals surface area contributed by atoms with Crippen molar-refractivity contribution < 1.29 is 52.1 Å². The number of nitrogens with one attached hydrogen (secondary N) is 1. The van der Waals surface area contributed by atoms with Crippen molar-refractivity contribution in [3.8, 4) is 28.8 Å². The van der Waals surface area contributed by atoms with E-state index in [0.29, 0.717) is 147 Å². The first-order chi connectivity index (χ1) is 33.1. The van der Waals surface area contributed by atoms with Crippen LogP contribution in [0.2, 0.25) is 0 Å². The average Bonchev–Trinajstić information content (AvgIpc) is 4.03. The van der Waals surface area contributed by atoms with Gasteiger partial charge in [0.15, 0.2) is 0 Å². The Hall–Kier alpha value is -4.93. The summed E-state index contributed by atoms with van der Waals surface area (Å²) < 4.78 is 65.3. The molecule has 22 nitrogen and oxygen atoms in total. The highest BCUT2D eigenvalue weighted by Crippen LogP contribution is 2.35. The van der Waals surface area contributed by atoms with E-state index in [9.17, 15) is 5.26 Å². The molecular formula is C45H67N11O11. The first kappa shape index (κ1) is 51.5. The molecule has 1 aliphatic carbocycles. The summed E-state index contributed by atoms with van der Waals surface area (Å²) in [5, 5.41) is 29.2. The third-order valence-corrected chi connectivity index (χ3v) is 10.9. The maximum absolute atomic E-state index is 9.75. The third-order valence-electron chi connectivity index (χ3n) is 10.9. The molecule has 67 heavy (non-hydrogen) atoms. The fourth-order valence-electron chi connectivity index (χ4n) is 7.48. The second-order valence-corrected chi connectivity index (χ2v) is 15.8. The van der Waals surface area contributed by atoms with Crippen molar-refractivity contribution in [1.82, 2.24) is 44.9 Å². The van der Waals surface area contributed by atoms with E-state index >= 15 is 0 Å². The van der Waals surface area contributed by atoms with Gasteiger partial charge in [0.05, 0.1) is 137 Å². The molecule has 0 amide bonds. The second kappa shape index (κ2) is 30.5. The predicted octanol–water partition coefficient (Wildman–Crippen LogP) is 3.37. The molecule has 1 aromatic carbocycles. The number of nitrogens with zero attached hydrogens (tertiary/aromatic N) is 10. The molecule has 1 atom stereocenters. The highest BCUT2D eigenvalue weighted by atomic mass is 16.6. The molecule has 0 radical (unpaired) electrons. The second-order valence-electron chi connectivity index (χ2n) is 15.8. The molecule has 1 saturated carbocycles. The average molecular weight is 938 g/mol. The Morgan fingerprint density at radius 2 is 1.31 bits per heavy atom. The summed E-state index contributed by atoms with van der Waals surface area (Å²) in [6, 6.07) is 8.40. The van der Waals surface area contributed by atoms with E-state index in [1.54, 1.807) is 30.3 Å². The molecule has 1 N–H and O–H groups in total. The van der Waals surface area contributed by atoms with Crippen LogP contribution in [0.4, 0.5) is 11.6 Å². The summed E-state index contributed by atoms with van der Waals surface area (Å²) in [6.45, 7) is 13.5. The van der Waals surface area contributed by atoms with Crippen LogP contribution < -0.4 is 14.8 Å². The topological polar surface area (TPSA) is 228 Å². The van der Waals surface area contributed by atoms with Crippen LogP contribution in [-0.4, -0.2) is 196 Å². The predicted molar refractivity (Wildman–Crippen MR) is 242 cm³/mol. The van der Waals surface area contributed by atoms with Gasteiger partial charge in [-0.25, -0.2) is 14.6 Å². The molecule has 368 valence electrons. The van der Waals surface area contributed by atoms with E-state index < -0.39 is 0 Å². The fourth-order valence-corrected chi connectivity index (χ4v) is 7.48. The lowest BCUT2D eigenvalue weighted by atomic mass is 9.90. The van der Waals surface area contributed by atoms with Crippen molar-refractivity contribution in [2.24, 2.45) is 0 Å². The van der Waals surface area contributed by atoms with Crippen molar-refractivity contribution in [2.75, 3.05) is 144 Å². The van der Waals surface area contributed by atoms with Gasteiger partial charge < -0.3 is 57.4 Å². The van der Waals surface area contributed by atoms with Gasteiger partial charge in [-0.2, -0.15) is 5.26 Å². The van der Waals surface area contributed by atoms with E-state index in [2.05, 4.69) is 41.8 Å². The zero-order valence-corrected chi connectivity index (χ0v) is 38.9. The SMILES string of the molecule is COCCOCCOCCOCCOCCOCCOCCOCCOc1nn([C@H]2CC[C@H](N3CCOCC3)CC2)cc1Nc1ncc(-c2ccc(C#N)c(O[C@@H](C)Cn3cnnn3)c2)cn1. The molecular weight excluding hydrogens is 871 g/mol. The van der Waals surface area contributed by atoms with E-state index in [1.165, 1.54) is 6.33 Å². The van der Waals surface area contributed by atoms with Crippen molar-refractivity contribution in [3.05, 3.63) is 48.7 Å². The van der Waals surface area contributed by atoms with Crippen LogP contribution >= 0.6 is 0 Å². The molecule has 1 saturated heterocycles. The Morgan fingerprint density at radius 3 is 1.87 bits per heavy atom. The van der Waals surface area contributed by atoms with Crippen LogP contribution in [0.3, 0.4) is 0 Å². The molecule has 22 heteroatoms. The number of ether oxygens (including phenoxy) is 11. The van der Waals surface area contributed by atoms with Crippen molar-refractivity contribution in [1.29, 1.82) is 5.26 Å². The van der Waals surface area contributed by atoms with Crippen molar-refractivity contribution in [3.63, 3.8) is 0 Å². The van der Waals surface area contributed by atoms with Gasteiger partial charge in [0.25, 0.3) is 5.88 Å². The first-order valence-electron chi connectivity index (χ1n) is 23.2. The fraction of sp³-hybridized carbons (Fsp3) is 0.667. The Labute approximate surface area is 392 Å². The molecule has 2 aliphatic rings. The van der Waals surface area contributed by atoms with Crippen LogP contribution in [0.25, 0.3) is 11.1 Å². The van der Waals surface area contributed by atoms with Gasteiger partial charge in [0.2, 0.25) is 5.95 Å². The molecule has 4 aromatic rings. The maximum Gasteiger partial charge on any atom is 0.257 e. The minimum Gasteiger partial charge on any atom is -0.487 e. The smallest absolute Gasteiger partial charge is 0.257 e. The molecule has 4 heterocycles. The van der Waals surface area contributed by atoms with Gasteiger partial charge in [-0.1, -0.05) is 6.07 Å². The number of methoxy groups -OCH3 is 1. The van der Waals surface area contributed by atoms with Gasteiger partial charge in [-0.3, -0.25) is 9.58 Å². The highest BCUT2D eigenvalue weighted by Gasteiger charge is 2.29. The third kappa shape index (κ3) is 18.6. The number of anilines is 2. The number of rotatable bonds is 34. The van der Waals surface area contributed by atoms with Crippen molar-refractivity contribution >= 4 is 11.6 Å². The Kier molecular flexibility index (Phi) is 23.4. The summed E-state index contributed by atoms with van der Waals surface area (Å²) in [7, 11) is 1.64. The molecule has 3 aromatic heterocycles. The summed E-state index contributed by atoms with van der Waals surface area (Å²) in [5.74, 6) is 1.28. The Bertz CT molecular complexity index is 1960. The number of aromatic nitrogens is 8. The lowest BCUT2D eigenvalue weighted by Gasteiger charge is -2.38. The van der Waals surface area contributed by atoms with E-state index in [4.69, 9.17) is 57.2 Å². The molecule has 1 aliphatic heterocycles. The maximum atomic E-state index is 9.75. The number of nitriles is 1. The number of hydrogen-bond donors (Lipinski definition) is 1. The highest BCUT2D eigenvalue weighted by molar-refractivity contribution is 5.67.